The minimum absolute atomic E-state index is 0.0826. The molecule has 0 aromatic rings. The number of rotatable bonds is 10. The van der Waals surface area contributed by atoms with Crippen LogP contribution in [0.4, 0.5) is 0 Å². The van der Waals surface area contributed by atoms with E-state index < -0.39 is 0 Å². The summed E-state index contributed by atoms with van der Waals surface area (Å²) in [5, 5.41) is 0. The Kier molecular flexibility index (Phi) is 21.9. The van der Waals surface area contributed by atoms with Gasteiger partial charge in [-0.05, 0) is 173 Å². The Morgan fingerprint density at radius 3 is 1.49 bits per heavy atom. The molecule has 0 aliphatic heterocycles. The molecule has 0 radical (unpaired) electrons. The fraction of sp³-hybridized carbons (Fsp3) is 0.750. The highest BCUT2D eigenvalue weighted by Gasteiger charge is 2.63. The Morgan fingerprint density at radius 2 is 1.00 bits per heavy atom. The van der Waals surface area contributed by atoms with Crippen LogP contribution in [0.1, 0.15) is 191 Å². The van der Waals surface area contributed by atoms with Gasteiger partial charge in [0.2, 0.25) is 0 Å². The molecule has 0 heterocycles. The number of hydrogen-bond donors (Lipinski definition) is 0. The first-order valence-electron chi connectivity index (χ1n) is 27.0. The second-order valence-electron chi connectivity index (χ2n) is 24.6. The minimum atomic E-state index is -0.292. The Balaban J connectivity index is 0.000000191. The van der Waals surface area contributed by atoms with Crippen LogP contribution in [0.2, 0.25) is 0 Å². The molecule has 8 rings (SSSR count). The lowest BCUT2D eigenvalue weighted by atomic mass is 9.70. The van der Waals surface area contributed by atoms with Gasteiger partial charge in [-0.2, -0.15) is 0 Å². The van der Waals surface area contributed by atoms with Crippen LogP contribution in [0.15, 0.2) is 63.3 Å². The second-order valence-corrected chi connectivity index (χ2v) is 24.6. The average Bonchev–Trinajstić information content (AvgIpc) is 4.11. The summed E-state index contributed by atoms with van der Waals surface area (Å²) in [7, 11) is 0. The molecule has 394 valence electrons. The Labute approximate surface area is 423 Å². The SMILES string of the molecule is C=CC(=O)OC1CC(C)CC(C)(C)C1.C=CC(=O)OC1CC2CC1C1CCCC21.C=CC(=O)OC1CC2CCC1(C)C2(C)C.C=CC(=O)OC1CCC(C(C)(C)C)CC1.C=CC(=O)OC1CCCCC1. The van der Waals surface area contributed by atoms with E-state index in [2.05, 4.69) is 95.2 Å². The van der Waals surface area contributed by atoms with Crippen molar-refractivity contribution in [2.45, 2.75) is 221 Å². The van der Waals surface area contributed by atoms with E-state index in [0.29, 0.717) is 34.0 Å². The Hall–Kier alpha value is -3.95. The van der Waals surface area contributed by atoms with Gasteiger partial charge in [0.25, 0.3) is 0 Å². The smallest absolute Gasteiger partial charge is 0.330 e. The van der Waals surface area contributed by atoms with Gasteiger partial charge in [0.15, 0.2) is 0 Å². The maximum atomic E-state index is 11.3. The maximum Gasteiger partial charge on any atom is 0.330 e. The zero-order chi connectivity index (χ0) is 52.0. The first kappa shape index (κ1) is 58.6. The largest absolute Gasteiger partial charge is 0.459 e. The Bertz CT molecular complexity index is 1810. The number of esters is 5. The molecule has 4 bridgehead atoms. The van der Waals surface area contributed by atoms with Crippen LogP contribution in [0.3, 0.4) is 0 Å². The molecule has 0 aromatic carbocycles. The van der Waals surface area contributed by atoms with Crippen molar-refractivity contribution >= 4 is 29.8 Å². The molecule has 10 nitrogen and oxygen atoms in total. The van der Waals surface area contributed by atoms with Crippen LogP contribution in [0.25, 0.3) is 0 Å². The van der Waals surface area contributed by atoms with E-state index in [4.69, 9.17) is 23.7 Å². The van der Waals surface area contributed by atoms with E-state index in [1.54, 1.807) is 0 Å². The maximum absolute atomic E-state index is 11.3. The molecule has 8 fully saturated rings. The molecule has 8 aliphatic rings. The van der Waals surface area contributed by atoms with Crippen molar-refractivity contribution in [2.24, 2.45) is 63.1 Å². The van der Waals surface area contributed by atoms with Crippen molar-refractivity contribution in [2.75, 3.05) is 0 Å². The average molecular weight is 975 g/mol. The highest BCUT2D eigenvalue weighted by Crippen LogP contribution is 2.66. The van der Waals surface area contributed by atoms with Gasteiger partial charge in [-0.3, -0.25) is 0 Å². The molecular formula is C60H94O10. The molecular weight excluding hydrogens is 881 g/mol. The van der Waals surface area contributed by atoms with Gasteiger partial charge in [0.1, 0.15) is 30.5 Å². The van der Waals surface area contributed by atoms with Gasteiger partial charge in [-0.25, -0.2) is 24.0 Å². The topological polar surface area (TPSA) is 132 Å². The van der Waals surface area contributed by atoms with Gasteiger partial charge in [-0.15, -0.1) is 0 Å². The van der Waals surface area contributed by atoms with E-state index in [1.807, 2.05) is 0 Å². The van der Waals surface area contributed by atoms with Crippen molar-refractivity contribution in [3.63, 3.8) is 0 Å². The van der Waals surface area contributed by atoms with Gasteiger partial charge in [0, 0.05) is 35.8 Å². The number of ether oxygens (including phenoxy) is 5. The second kappa shape index (κ2) is 26.1. The van der Waals surface area contributed by atoms with Gasteiger partial charge >= 0.3 is 29.8 Å². The van der Waals surface area contributed by atoms with Crippen LogP contribution >= 0.6 is 0 Å². The van der Waals surface area contributed by atoms with E-state index in [9.17, 15) is 24.0 Å². The lowest BCUT2D eigenvalue weighted by Gasteiger charge is -2.38. The van der Waals surface area contributed by atoms with Gasteiger partial charge in [-0.1, -0.05) is 108 Å². The van der Waals surface area contributed by atoms with Crippen molar-refractivity contribution in [1.29, 1.82) is 0 Å². The molecule has 10 heteroatoms. The number of fused-ring (bicyclic) bond motifs is 7. The van der Waals surface area contributed by atoms with Crippen LogP contribution in [0.5, 0.6) is 0 Å². The van der Waals surface area contributed by atoms with E-state index in [0.717, 1.165) is 75.0 Å². The summed E-state index contributed by atoms with van der Waals surface area (Å²) >= 11 is 0. The normalized spacial score (nSPS) is 33.9. The molecule has 8 saturated carbocycles. The standard InChI is InChI=1S/C13H18O2.C13H20O2.C13H22O2.C12H20O2.C9H14O2/c1-2-13(14)15-12-7-8-6-11(12)10-5-3-4-9(8)10;1-5-11(14)15-10-8-9-6-7-13(10,4)12(9,2)3;1-5-12(14)15-11-8-6-10(7-9-11)13(2,3)4;1-5-11(13)14-10-6-9(2)7-12(3,4)8-10;1-2-9(10)11-8-6-4-3-5-7-8/h2,8-12H,1,3-7H2;5,9-10H,1,6-8H2,2-4H3;5,10-11H,1,6-9H2,2-4H3;5,9-10H,1,6-8H2,2-4H3;2,8H,1,3-7H2. The summed E-state index contributed by atoms with van der Waals surface area (Å²) in [6, 6.07) is 0. The first-order chi connectivity index (χ1) is 32.9. The minimum Gasteiger partial charge on any atom is -0.459 e. The molecule has 0 aromatic heterocycles. The summed E-state index contributed by atoms with van der Waals surface area (Å²) in [5.41, 5.74) is 1.15. The number of hydrogen-bond acceptors (Lipinski definition) is 10. The van der Waals surface area contributed by atoms with Crippen LogP contribution in [0, 0.1) is 63.1 Å². The van der Waals surface area contributed by atoms with E-state index >= 15 is 0 Å². The van der Waals surface area contributed by atoms with Crippen LogP contribution in [-0.2, 0) is 47.7 Å². The highest BCUT2D eigenvalue weighted by molar-refractivity contribution is 5.82. The lowest BCUT2D eigenvalue weighted by Crippen LogP contribution is -2.38. The third kappa shape index (κ3) is 16.3. The van der Waals surface area contributed by atoms with Crippen molar-refractivity contribution < 1.29 is 47.7 Å². The number of carbonyl (C=O) groups is 5. The molecule has 0 N–H and O–H groups in total. The summed E-state index contributed by atoms with van der Waals surface area (Å²) in [4.78, 5) is 55.3. The fourth-order valence-electron chi connectivity index (χ4n) is 14.0. The monoisotopic (exact) mass is 975 g/mol. The predicted molar refractivity (Wildman–Crippen MR) is 278 cm³/mol. The van der Waals surface area contributed by atoms with Crippen LogP contribution < -0.4 is 0 Å². The van der Waals surface area contributed by atoms with Crippen molar-refractivity contribution in [1.82, 2.24) is 0 Å². The molecule has 8 aliphatic carbocycles. The molecule has 0 saturated heterocycles. The Morgan fingerprint density at radius 1 is 0.500 bits per heavy atom. The van der Waals surface area contributed by atoms with Crippen molar-refractivity contribution in [3.05, 3.63) is 63.3 Å². The zero-order valence-corrected chi connectivity index (χ0v) is 45.1. The summed E-state index contributed by atoms with van der Waals surface area (Å²) in [6.45, 7) is 37.5. The fourth-order valence-corrected chi connectivity index (χ4v) is 14.0. The molecule has 70 heavy (non-hydrogen) atoms. The van der Waals surface area contributed by atoms with Gasteiger partial charge < -0.3 is 23.7 Å². The summed E-state index contributed by atoms with van der Waals surface area (Å²) in [5.74, 6) is 4.11. The van der Waals surface area contributed by atoms with E-state index in [1.165, 1.54) is 107 Å². The van der Waals surface area contributed by atoms with E-state index in [-0.39, 0.29) is 65.8 Å². The third-order valence-electron chi connectivity index (χ3n) is 18.1. The number of carbonyl (C=O) groups excluding carboxylic acids is 5. The highest BCUT2D eigenvalue weighted by atomic mass is 16.6. The summed E-state index contributed by atoms with van der Waals surface area (Å²) < 4.78 is 26.5. The third-order valence-corrected chi connectivity index (χ3v) is 18.1. The summed E-state index contributed by atoms with van der Waals surface area (Å²) in [6.07, 6.45) is 30.3. The lowest BCUT2D eigenvalue weighted by molar-refractivity contribution is -0.151. The van der Waals surface area contributed by atoms with Crippen LogP contribution in [-0.4, -0.2) is 60.4 Å². The first-order valence-corrected chi connectivity index (χ1v) is 27.0. The molecule has 0 amide bonds. The molecule has 0 spiro atoms. The quantitative estimate of drug-likeness (QED) is 0.118. The molecule has 10 atom stereocenters. The van der Waals surface area contributed by atoms with Gasteiger partial charge in [0.05, 0.1) is 0 Å². The molecule has 10 unspecified atom stereocenters. The predicted octanol–water partition coefficient (Wildman–Crippen LogP) is 13.8. The zero-order valence-electron chi connectivity index (χ0n) is 45.1. The van der Waals surface area contributed by atoms with Crippen molar-refractivity contribution in [3.8, 4) is 0 Å².